The van der Waals surface area contributed by atoms with Crippen molar-refractivity contribution < 1.29 is 4.39 Å². The molecule has 4 heteroatoms. The first-order chi connectivity index (χ1) is 8.67. The van der Waals surface area contributed by atoms with Crippen LogP contribution < -0.4 is 5.32 Å². The molecule has 0 heterocycles. The predicted molar refractivity (Wildman–Crippen MR) is 77.8 cm³/mol. The Hall–Kier alpha value is -0.250. The maximum Gasteiger partial charge on any atom is 0.125 e. The van der Waals surface area contributed by atoms with Crippen LogP contribution >= 0.6 is 23.4 Å². The number of halogens is 2. The Kier molecular flexibility index (Phi) is 5.34. The van der Waals surface area contributed by atoms with Gasteiger partial charge in [0.25, 0.3) is 0 Å². The highest BCUT2D eigenvalue weighted by Gasteiger charge is 2.19. The first kappa shape index (κ1) is 14.2. The van der Waals surface area contributed by atoms with Crippen molar-refractivity contribution in [3.05, 3.63) is 34.6 Å². The van der Waals surface area contributed by atoms with Crippen LogP contribution in [-0.4, -0.2) is 17.5 Å². The molecule has 0 amide bonds. The minimum atomic E-state index is -0.259. The van der Waals surface area contributed by atoms with Gasteiger partial charge in [0, 0.05) is 22.9 Å². The summed E-state index contributed by atoms with van der Waals surface area (Å²) in [6.45, 7) is 0.700. The zero-order valence-corrected chi connectivity index (χ0v) is 12.2. The number of hydrogen-bond donors (Lipinski definition) is 1. The van der Waals surface area contributed by atoms with Crippen LogP contribution in [0.15, 0.2) is 18.2 Å². The van der Waals surface area contributed by atoms with Crippen molar-refractivity contribution in [2.24, 2.45) is 0 Å². The summed E-state index contributed by atoms with van der Waals surface area (Å²) in [6, 6.07) is 5.28. The second kappa shape index (κ2) is 6.78. The summed E-state index contributed by atoms with van der Waals surface area (Å²) >= 11 is 7.81. The molecule has 0 aliphatic heterocycles. The number of benzene rings is 1. The number of hydrogen-bond acceptors (Lipinski definition) is 2. The summed E-state index contributed by atoms with van der Waals surface area (Å²) in [5, 5.41) is 4.80. The Labute approximate surface area is 117 Å². The minimum Gasteiger partial charge on any atom is -0.310 e. The van der Waals surface area contributed by atoms with E-state index in [1.165, 1.54) is 31.7 Å². The molecule has 1 aromatic carbocycles. The maximum atomic E-state index is 13.2. The average Bonchev–Trinajstić information content (AvgIpc) is 2.36. The van der Waals surface area contributed by atoms with Crippen molar-refractivity contribution in [1.29, 1.82) is 0 Å². The molecule has 1 aliphatic carbocycles. The average molecular weight is 288 g/mol. The normalized spacial score (nSPS) is 24.2. The van der Waals surface area contributed by atoms with Crippen LogP contribution in [0.25, 0.3) is 0 Å². The third-order valence-corrected chi connectivity index (χ3v) is 4.88. The molecule has 1 saturated carbocycles. The lowest BCUT2D eigenvalue weighted by molar-refractivity contribution is 0.378. The molecule has 0 unspecified atom stereocenters. The van der Waals surface area contributed by atoms with Crippen LogP contribution in [-0.2, 0) is 6.54 Å². The Morgan fingerprint density at radius 3 is 2.61 bits per heavy atom. The largest absolute Gasteiger partial charge is 0.310 e. The highest BCUT2D eigenvalue weighted by molar-refractivity contribution is 7.99. The summed E-state index contributed by atoms with van der Waals surface area (Å²) in [5.74, 6) is -0.259. The fraction of sp³-hybridized carbons (Fsp3) is 0.571. The van der Waals surface area contributed by atoms with Gasteiger partial charge in [-0.05, 0) is 55.7 Å². The summed E-state index contributed by atoms with van der Waals surface area (Å²) in [5.41, 5.74) is 0.923. The molecule has 1 aromatic rings. The first-order valence-corrected chi connectivity index (χ1v) is 8.05. The minimum absolute atomic E-state index is 0.259. The fourth-order valence-electron chi connectivity index (χ4n) is 2.48. The van der Waals surface area contributed by atoms with E-state index in [1.54, 1.807) is 6.07 Å². The van der Waals surface area contributed by atoms with Gasteiger partial charge in [-0.15, -0.1) is 0 Å². The van der Waals surface area contributed by atoms with E-state index in [4.69, 9.17) is 11.6 Å². The number of rotatable bonds is 4. The number of thioether (sulfide) groups is 1. The van der Waals surface area contributed by atoms with E-state index >= 15 is 0 Å². The van der Waals surface area contributed by atoms with Gasteiger partial charge in [0.05, 0.1) is 0 Å². The van der Waals surface area contributed by atoms with Crippen molar-refractivity contribution in [2.75, 3.05) is 6.26 Å². The summed E-state index contributed by atoms with van der Waals surface area (Å²) in [6.07, 6.45) is 7.18. The Morgan fingerprint density at radius 2 is 2.00 bits per heavy atom. The zero-order valence-electron chi connectivity index (χ0n) is 10.6. The second-order valence-electron chi connectivity index (χ2n) is 4.87. The van der Waals surface area contributed by atoms with Gasteiger partial charge < -0.3 is 5.32 Å². The van der Waals surface area contributed by atoms with E-state index in [2.05, 4.69) is 11.6 Å². The molecule has 1 N–H and O–H groups in total. The van der Waals surface area contributed by atoms with Crippen molar-refractivity contribution in [3.8, 4) is 0 Å². The monoisotopic (exact) mass is 287 g/mol. The van der Waals surface area contributed by atoms with Crippen molar-refractivity contribution in [3.63, 3.8) is 0 Å². The van der Waals surface area contributed by atoms with Crippen molar-refractivity contribution in [2.45, 2.75) is 43.5 Å². The molecule has 1 fully saturated rings. The quantitative estimate of drug-likeness (QED) is 0.889. The molecule has 0 bridgehead atoms. The lowest BCUT2D eigenvalue weighted by Crippen LogP contribution is -2.33. The van der Waals surface area contributed by atoms with Crippen LogP contribution in [0.2, 0.25) is 5.02 Å². The van der Waals surface area contributed by atoms with Gasteiger partial charge in [-0.1, -0.05) is 11.6 Å². The Balaban J connectivity index is 1.81. The van der Waals surface area contributed by atoms with E-state index in [0.717, 1.165) is 10.8 Å². The maximum absolute atomic E-state index is 13.2. The topological polar surface area (TPSA) is 12.0 Å². The summed E-state index contributed by atoms with van der Waals surface area (Å²) < 4.78 is 13.2. The van der Waals surface area contributed by atoms with Gasteiger partial charge in [0.1, 0.15) is 5.82 Å². The third kappa shape index (κ3) is 4.15. The highest BCUT2D eigenvalue weighted by atomic mass is 35.5. The van der Waals surface area contributed by atoms with Gasteiger partial charge in [-0.2, -0.15) is 11.8 Å². The fourth-order valence-corrected chi connectivity index (χ4v) is 3.47. The van der Waals surface area contributed by atoms with Crippen LogP contribution in [0.3, 0.4) is 0 Å². The summed E-state index contributed by atoms with van der Waals surface area (Å²) in [4.78, 5) is 0. The molecular weight excluding hydrogens is 269 g/mol. The SMILES string of the molecule is CSC1CCC(NCc2cc(F)cc(Cl)c2)CC1. The van der Waals surface area contributed by atoms with E-state index in [9.17, 15) is 4.39 Å². The lowest BCUT2D eigenvalue weighted by Gasteiger charge is -2.28. The van der Waals surface area contributed by atoms with Gasteiger partial charge >= 0.3 is 0 Å². The van der Waals surface area contributed by atoms with Crippen molar-refractivity contribution >= 4 is 23.4 Å². The molecule has 1 aliphatic rings. The standard InChI is InChI=1S/C14H19ClFNS/c1-18-14-4-2-13(3-5-14)17-9-10-6-11(15)8-12(16)7-10/h6-8,13-14,17H,2-5,9H2,1H3. The molecule has 0 saturated heterocycles. The molecule has 0 radical (unpaired) electrons. The number of nitrogens with one attached hydrogen (secondary N) is 1. The van der Waals surface area contributed by atoms with Gasteiger partial charge in [-0.25, -0.2) is 4.39 Å². The van der Waals surface area contributed by atoms with E-state index < -0.39 is 0 Å². The van der Waals surface area contributed by atoms with Crippen LogP contribution in [0, 0.1) is 5.82 Å². The van der Waals surface area contributed by atoms with Crippen molar-refractivity contribution in [1.82, 2.24) is 5.32 Å². The molecule has 0 atom stereocenters. The van der Waals surface area contributed by atoms with E-state index in [0.29, 0.717) is 17.6 Å². The molecule has 0 aromatic heterocycles. The lowest BCUT2D eigenvalue weighted by atomic mass is 9.95. The smallest absolute Gasteiger partial charge is 0.125 e. The van der Waals surface area contributed by atoms with Crippen LogP contribution in [0.4, 0.5) is 4.39 Å². The second-order valence-corrected chi connectivity index (χ2v) is 6.44. The molecule has 0 spiro atoms. The third-order valence-electron chi connectivity index (χ3n) is 3.52. The zero-order chi connectivity index (χ0) is 13.0. The van der Waals surface area contributed by atoms with Crippen LogP contribution in [0.5, 0.6) is 0 Å². The summed E-state index contributed by atoms with van der Waals surface area (Å²) in [7, 11) is 0. The van der Waals surface area contributed by atoms with Crippen LogP contribution in [0.1, 0.15) is 31.2 Å². The molecule has 2 rings (SSSR count). The first-order valence-electron chi connectivity index (χ1n) is 6.38. The molecule has 1 nitrogen and oxygen atoms in total. The highest BCUT2D eigenvalue weighted by Crippen LogP contribution is 2.27. The van der Waals surface area contributed by atoms with Gasteiger partial charge in [-0.3, -0.25) is 0 Å². The molecular formula is C14H19ClFNS. The Morgan fingerprint density at radius 1 is 1.28 bits per heavy atom. The van der Waals surface area contributed by atoms with E-state index in [-0.39, 0.29) is 5.82 Å². The molecule has 18 heavy (non-hydrogen) atoms. The van der Waals surface area contributed by atoms with Gasteiger partial charge in [0.2, 0.25) is 0 Å². The predicted octanol–water partition coefficient (Wildman–Crippen LogP) is 4.24. The van der Waals surface area contributed by atoms with E-state index in [1.807, 2.05) is 17.8 Å². The Bertz CT molecular complexity index is 371. The molecule has 100 valence electrons. The van der Waals surface area contributed by atoms with Gasteiger partial charge in [0.15, 0.2) is 0 Å².